The molecule has 0 amide bonds. The first-order valence-corrected chi connectivity index (χ1v) is 10.7. The summed E-state index contributed by atoms with van der Waals surface area (Å²) >= 11 is 2.85. The van der Waals surface area contributed by atoms with E-state index in [1.807, 2.05) is 44.2 Å². The van der Waals surface area contributed by atoms with Gasteiger partial charge in [-0.15, -0.1) is 22.7 Å². The largest absolute Gasteiger partial charge is 0.488 e. The maximum Gasteiger partial charge on any atom is 0.348 e. The number of carbonyl (C=O) groups is 1. The summed E-state index contributed by atoms with van der Waals surface area (Å²) in [6.07, 6.45) is 0. The predicted molar refractivity (Wildman–Crippen MR) is 113 cm³/mol. The van der Waals surface area contributed by atoms with E-state index in [0.717, 1.165) is 32.2 Å². The molecule has 0 saturated heterocycles. The number of nitrogens with one attached hydrogen (secondary N) is 1. The van der Waals surface area contributed by atoms with Gasteiger partial charge >= 0.3 is 5.97 Å². The standard InChI is InChI=1S/C21H16N2O4S2/c1-10-11(2)28-20-17(10)19(24)22-16(23-20)9-27-21(25)15-7-12-8-26-14-6-4-3-5-13(14)18(12)29-15/h3-7H,8-9H2,1-2H3,(H,22,23,24). The fourth-order valence-electron chi connectivity index (χ4n) is 3.37. The van der Waals surface area contributed by atoms with Gasteiger partial charge < -0.3 is 14.5 Å². The third kappa shape index (κ3) is 3.04. The Hall–Kier alpha value is -2.97. The third-order valence-corrected chi connectivity index (χ3v) is 7.24. The highest BCUT2D eigenvalue weighted by atomic mass is 32.1. The number of esters is 1. The van der Waals surface area contributed by atoms with Crippen LogP contribution < -0.4 is 10.3 Å². The van der Waals surface area contributed by atoms with Gasteiger partial charge in [0.25, 0.3) is 5.56 Å². The molecule has 0 saturated carbocycles. The molecule has 1 aliphatic heterocycles. The summed E-state index contributed by atoms with van der Waals surface area (Å²) in [5.74, 6) is 0.716. The number of thiophene rings is 2. The molecule has 0 atom stereocenters. The average molecular weight is 425 g/mol. The maximum atomic E-state index is 12.6. The molecule has 0 fully saturated rings. The lowest BCUT2D eigenvalue weighted by Gasteiger charge is -2.16. The third-order valence-electron chi connectivity index (χ3n) is 4.95. The van der Waals surface area contributed by atoms with E-state index in [-0.39, 0.29) is 12.2 Å². The van der Waals surface area contributed by atoms with Crippen LogP contribution in [-0.2, 0) is 18.0 Å². The molecule has 0 radical (unpaired) electrons. The van der Waals surface area contributed by atoms with Gasteiger partial charge in [0.2, 0.25) is 0 Å². The van der Waals surface area contributed by atoms with Crippen molar-refractivity contribution in [2.75, 3.05) is 0 Å². The molecule has 3 aromatic heterocycles. The summed E-state index contributed by atoms with van der Waals surface area (Å²) in [6, 6.07) is 9.58. The molecule has 6 nitrogen and oxygen atoms in total. The molecule has 5 rings (SSSR count). The Morgan fingerprint density at radius 2 is 2.10 bits per heavy atom. The summed E-state index contributed by atoms with van der Waals surface area (Å²) in [7, 11) is 0. The van der Waals surface area contributed by atoms with Gasteiger partial charge in [0, 0.05) is 20.9 Å². The Labute approximate surface area is 173 Å². The van der Waals surface area contributed by atoms with Crippen LogP contribution >= 0.6 is 22.7 Å². The van der Waals surface area contributed by atoms with E-state index in [4.69, 9.17) is 9.47 Å². The van der Waals surface area contributed by atoms with E-state index in [2.05, 4.69) is 9.97 Å². The van der Waals surface area contributed by atoms with Gasteiger partial charge in [-0.1, -0.05) is 12.1 Å². The van der Waals surface area contributed by atoms with Gasteiger partial charge in [0.15, 0.2) is 0 Å². The van der Waals surface area contributed by atoms with Gasteiger partial charge in [-0.25, -0.2) is 9.78 Å². The van der Waals surface area contributed by atoms with Gasteiger partial charge in [-0.2, -0.15) is 0 Å². The quantitative estimate of drug-likeness (QED) is 0.487. The first-order valence-electron chi connectivity index (χ1n) is 9.02. The number of nitrogens with zero attached hydrogens (tertiary/aromatic N) is 1. The van der Waals surface area contributed by atoms with Crippen LogP contribution in [0.1, 0.15) is 31.5 Å². The second-order valence-electron chi connectivity index (χ2n) is 6.80. The molecular formula is C21H16N2O4S2. The summed E-state index contributed by atoms with van der Waals surface area (Å²) in [6.45, 7) is 4.21. The molecule has 4 heterocycles. The molecule has 0 spiro atoms. The number of aromatic amines is 1. The second kappa shape index (κ2) is 6.82. The Bertz CT molecular complexity index is 1330. The summed E-state index contributed by atoms with van der Waals surface area (Å²) in [4.78, 5) is 35.4. The van der Waals surface area contributed by atoms with E-state index in [9.17, 15) is 9.59 Å². The number of fused-ring (bicyclic) bond motifs is 4. The molecule has 0 aliphatic carbocycles. The van der Waals surface area contributed by atoms with Crippen LogP contribution in [0.25, 0.3) is 20.7 Å². The van der Waals surface area contributed by atoms with Crippen molar-refractivity contribution in [1.82, 2.24) is 9.97 Å². The van der Waals surface area contributed by atoms with Crippen molar-refractivity contribution in [2.24, 2.45) is 0 Å². The Balaban J connectivity index is 1.38. The van der Waals surface area contributed by atoms with E-state index < -0.39 is 5.97 Å². The highest BCUT2D eigenvalue weighted by Crippen LogP contribution is 2.42. The molecule has 8 heteroatoms. The maximum absolute atomic E-state index is 12.6. The Kier molecular flexibility index (Phi) is 4.25. The number of para-hydroxylation sites is 1. The topological polar surface area (TPSA) is 81.3 Å². The zero-order valence-corrected chi connectivity index (χ0v) is 17.3. The van der Waals surface area contributed by atoms with Crippen molar-refractivity contribution < 1.29 is 14.3 Å². The molecule has 1 aliphatic rings. The SMILES string of the molecule is Cc1sc2nc(COC(=O)c3cc4c(s3)-c3ccccc3OC4)[nH]c(=O)c2c1C. The normalized spacial score (nSPS) is 12.3. The Morgan fingerprint density at radius 1 is 1.28 bits per heavy atom. The van der Waals surface area contributed by atoms with Gasteiger partial charge in [0.1, 0.15) is 34.5 Å². The number of rotatable bonds is 3. The molecule has 4 aromatic rings. The Morgan fingerprint density at radius 3 is 2.97 bits per heavy atom. The van der Waals surface area contributed by atoms with Crippen LogP contribution in [0.2, 0.25) is 0 Å². The van der Waals surface area contributed by atoms with Crippen LogP contribution in [-0.4, -0.2) is 15.9 Å². The van der Waals surface area contributed by atoms with Crippen molar-refractivity contribution in [1.29, 1.82) is 0 Å². The van der Waals surface area contributed by atoms with Crippen molar-refractivity contribution in [2.45, 2.75) is 27.1 Å². The summed E-state index contributed by atoms with van der Waals surface area (Å²) in [5, 5.41) is 0.604. The van der Waals surface area contributed by atoms with Crippen molar-refractivity contribution >= 4 is 38.9 Å². The van der Waals surface area contributed by atoms with Crippen molar-refractivity contribution in [3.05, 3.63) is 67.4 Å². The first kappa shape index (κ1) is 18.1. The minimum atomic E-state index is -0.442. The number of benzene rings is 1. The lowest BCUT2D eigenvalue weighted by Crippen LogP contribution is -2.14. The molecule has 1 aromatic carbocycles. The van der Waals surface area contributed by atoms with Crippen LogP contribution in [0.3, 0.4) is 0 Å². The minimum Gasteiger partial charge on any atom is -0.488 e. The molecule has 29 heavy (non-hydrogen) atoms. The van der Waals surface area contributed by atoms with E-state index in [1.165, 1.54) is 22.7 Å². The first-order chi connectivity index (χ1) is 14.0. The molecular weight excluding hydrogens is 408 g/mol. The number of H-pyrrole nitrogens is 1. The lowest BCUT2D eigenvalue weighted by molar-refractivity contribution is 0.0468. The van der Waals surface area contributed by atoms with Crippen LogP contribution in [0, 0.1) is 13.8 Å². The average Bonchev–Trinajstić information content (AvgIpc) is 3.28. The highest BCUT2D eigenvalue weighted by Gasteiger charge is 2.23. The monoisotopic (exact) mass is 424 g/mol. The fourth-order valence-corrected chi connectivity index (χ4v) is 5.51. The number of aryl methyl sites for hydroxylation is 2. The van der Waals surface area contributed by atoms with Crippen molar-refractivity contribution in [3.63, 3.8) is 0 Å². The minimum absolute atomic E-state index is 0.0876. The molecule has 146 valence electrons. The number of hydrogen-bond donors (Lipinski definition) is 1. The van der Waals surface area contributed by atoms with Crippen LogP contribution in [0.5, 0.6) is 5.75 Å². The van der Waals surface area contributed by atoms with E-state index in [0.29, 0.717) is 27.5 Å². The summed E-state index contributed by atoms with van der Waals surface area (Å²) < 4.78 is 11.2. The summed E-state index contributed by atoms with van der Waals surface area (Å²) in [5.41, 5.74) is 2.69. The zero-order valence-electron chi connectivity index (χ0n) is 15.7. The van der Waals surface area contributed by atoms with Crippen molar-refractivity contribution in [3.8, 4) is 16.2 Å². The highest BCUT2D eigenvalue weighted by molar-refractivity contribution is 7.18. The van der Waals surface area contributed by atoms with E-state index in [1.54, 1.807) is 0 Å². The van der Waals surface area contributed by atoms with Gasteiger partial charge in [-0.05, 0) is 37.6 Å². The number of aromatic nitrogens is 2. The lowest BCUT2D eigenvalue weighted by atomic mass is 10.1. The predicted octanol–water partition coefficient (Wildman–Crippen LogP) is 4.58. The van der Waals surface area contributed by atoms with Gasteiger partial charge in [-0.3, -0.25) is 4.79 Å². The smallest absolute Gasteiger partial charge is 0.348 e. The molecule has 1 N–H and O–H groups in total. The van der Waals surface area contributed by atoms with E-state index >= 15 is 0 Å². The number of carbonyl (C=O) groups excluding carboxylic acids is 1. The molecule has 0 bridgehead atoms. The fraction of sp³-hybridized carbons (Fsp3) is 0.190. The van der Waals surface area contributed by atoms with Crippen LogP contribution in [0.4, 0.5) is 0 Å². The number of ether oxygens (including phenoxy) is 2. The molecule has 0 unspecified atom stereocenters. The van der Waals surface area contributed by atoms with Crippen LogP contribution in [0.15, 0.2) is 35.1 Å². The zero-order chi connectivity index (χ0) is 20.1. The second-order valence-corrected chi connectivity index (χ2v) is 9.06. The van der Waals surface area contributed by atoms with Gasteiger partial charge in [0.05, 0.1) is 5.39 Å². The number of hydrogen-bond acceptors (Lipinski definition) is 7.